The summed E-state index contributed by atoms with van der Waals surface area (Å²) in [4.78, 5) is 15.2. The van der Waals surface area contributed by atoms with Crippen LogP contribution in [0.1, 0.15) is 38.4 Å². The van der Waals surface area contributed by atoms with E-state index in [4.69, 9.17) is 4.74 Å². The standard InChI is InChI=1S/C15H19FN2O2/c1-11-9-12(16)10-18-13(11)7-5-6-8-17-14(19)20-15(2,3)4/h9-10H,6,8H2,1-4H3,(H,17,19). The maximum absolute atomic E-state index is 12.8. The maximum atomic E-state index is 12.8. The summed E-state index contributed by atoms with van der Waals surface area (Å²) in [6.07, 6.45) is 1.14. The summed E-state index contributed by atoms with van der Waals surface area (Å²) in [5.74, 6) is 5.34. The molecular formula is C15H19FN2O2. The van der Waals surface area contributed by atoms with E-state index in [1.807, 2.05) is 0 Å². The number of alkyl carbamates (subject to hydrolysis) is 1. The molecule has 0 fully saturated rings. The summed E-state index contributed by atoms with van der Waals surface area (Å²) in [7, 11) is 0. The second kappa shape index (κ2) is 6.90. The highest BCUT2D eigenvalue weighted by molar-refractivity contribution is 5.67. The molecule has 0 aliphatic heterocycles. The van der Waals surface area contributed by atoms with Crippen molar-refractivity contribution in [1.82, 2.24) is 10.3 Å². The normalized spacial score (nSPS) is 10.4. The lowest BCUT2D eigenvalue weighted by Crippen LogP contribution is -2.32. The quantitative estimate of drug-likeness (QED) is 0.668. The molecule has 1 rings (SSSR count). The molecule has 1 N–H and O–H groups in total. The molecule has 0 atom stereocenters. The summed E-state index contributed by atoms with van der Waals surface area (Å²) >= 11 is 0. The lowest BCUT2D eigenvalue weighted by molar-refractivity contribution is 0.0529. The fourth-order valence-electron chi connectivity index (χ4n) is 1.36. The molecule has 1 amide bonds. The van der Waals surface area contributed by atoms with Crippen LogP contribution in [0.15, 0.2) is 12.3 Å². The van der Waals surface area contributed by atoms with Gasteiger partial charge >= 0.3 is 6.09 Å². The van der Waals surface area contributed by atoms with Crippen molar-refractivity contribution in [2.75, 3.05) is 6.54 Å². The fourth-order valence-corrected chi connectivity index (χ4v) is 1.36. The third-order valence-corrected chi connectivity index (χ3v) is 2.17. The first-order chi connectivity index (χ1) is 9.28. The first-order valence-electron chi connectivity index (χ1n) is 6.36. The predicted molar refractivity (Wildman–Crippen MR) is 74.7 cm³/mol. The van der Waals surface area contributed by atoms with Crippen LogP contribution >= 0.6 is 0 Å². The van der Waals surface area contributed by atoms with Gasteiger partial charge in [-0.05, 0) is 45.2 Å². The van der Waals surface area contributed by atoms with Crippen molar-refractivity contribution < 1.29 is 13.9 Å². The molecule has 1 heterocycles. The Kier molecular flexibility index (Phi) is 5.51. The largest absolute Gasteiger partial charge is 0.444 e. The van der Waals surface area contributed by atoms with E-state index < -0.39 is 11.7 Å². The Morgan fingerprint density at radius 1 is 1.50 bits per heavy atom. The number of carbonyl (C=O) groups excluding carboxylic acids is 1. The van der Waals surface area contributed by atoms with E-state index >= 15 is 0 Å². The minimum atomic E-state index is -0.509. The molecule has 0 radical (unpaired) electrons. The van der Waals surface area contributed by atoms with Gasteiger partial charge in [-0.15, -0.1) is 0 Å². The van der Waals surface area contributed by atoms with Crippen molar-refractivity contribution in [3.63, 3.8) is 0 Å². The number of nitrogens with one attached hydrogen (secondary N) is 1. The van der Waals surface area contributed by atoms with E-state index in [1.165, 1.54) is 6.07 Å². The lowest BCUT2D eigenvalue weighted by Gasteiger charge is -2.19. The number of carbonyl (C=O) groups is 1. The highest BCUT2D eigenvalue weighted by atomic mass is 19.1. The average Bonchev–Trinajstić information content (AvgIpc) is 2.28. The minimum absolute atomic E-state index is 0.375. The smallest absolute Gasteiger partial charge is 0.407 e. The number of aryl methyl sites for hydroxylation is 1. The molecule has 0 unspecified atom stereocenters. The summed E-state index contributed by atoms with van der Waals surface area (Å²) in [5, 5.41) is 2.61. The van der Waals surface area contributed by atoms with E-state index in [2.05, 4.69) is 22.1 Å². The van der Waals surface area contributed by atoms with Crippen LogP contribution in [0.25, 0.3) is 0 Å². The zero-order chi connectivity index (χ0) is 15.2. The molecule has 5 heteroatoms. The number of ether oxygens (including phenoxy) is 1. The Bertz CT molecular complexity index is 539. The van der Waals surface area contributed by atoms with Crippen LogP contribution in [0.3, 0.4) is 0 Å². The summed E-state index contributed by atoms with van der Waals surface area (Å²) in [6, 6.07) is 1.38. The van der Waals surface area contributed by atoms with Crippen LogP contribution in [0.5, 0.6) is 0 Å². The average molecular weight is 278 g/mol. The van der Waals surface area contributed by atoms with E-state index in [0.29, 0.717) is 24.2 Å². The number of hydrogen-bond acceptors (Lipinski definition) is 3. The third kappa shape index (κ3) is 6.19. The highest BCUT2D eigenvalue weighted by Gasteiger charge is 2.15. The van der Waals surface area contributed by atoms with Gasteiger partial charge in [0.25, 0.3) is 0 Å². The summed E-state index contributed by atoms with van der Waals surface area (Å²) in [6.45, 7) is 7.54. The Morgan fingerprint density at radius 2 is 2.20 bits per heavy atom. The van der Waals surface area contributed by atoms with Gasteiger partial charge in [-0.3, -0.25) is 0 Å². The van der Waals surface area contributed by atoms with Gasteiger partial charge in [-0.25, -0.2) is 14.2 Å². The fraction of sp³-hybridized carbons (Fsp3) is 0.467. The molecule has 0 saturated carbocycles. The second-order valence-electron chi connectivity index (χ2n) is 5.30. The van der Waals surface area contributed by atoms with Gasteiger partial charge < -0.3 is 10.1 Å². The number of aromatic nitrogens is 1. The van der Waals surface area contributed by atoms with Gasteiger partial charge in [0.1, 0.15) is 17.1 Å². The zero-order valence-corrected chi connectivity index (χ0v) is 12.2. The van der Waals surface area contributed by atoms with Crippen LogP contribution in [-0.2, 0) is 4.74 Å². The summed E-state index contributed by atoms with van der Waals surface area (Å²) in [5.41, 5.74) is 0.728. The van der Waals surface area contributed by atoms with Crippen LogP contribution in [0, 0.1) is 24.6 Å². The van der Waals surface area contributed by atoms with E-state index in [1.54, 1.807) is 27.7 Å². The molecule has 0 aliphatic rings. The predicted octanol–water partition coefficient (Wildman–Crippen LogP) is 2.80. The second-order valence-corrected chi connectivity index (χ2v) is 5.30. The van der Waals surface area contributed by atoms with Crippen molar-refractivity contribution >= 4 is 6.09 Å². The van der Waals surface area contributed by atoms with E-state index in [-0.39, 0.29) is 5.82 Å². The van der Waals surface area contributed by atoms with Crippen LogP contribution < -0.4 is 5.32 Å². The molecular weight excluding hydrogens is 259 g/mol. The third-order valence-electron chi connectivity index (χ3n) is 2.17. The van der Waals surface area contributed by atoms with Crippen LogP contribution in [0.2, 0.25) is 0 Å². The minimum Gasteiger partial charge on any atom is -0.444 e. The van der Waals surface area contributed by atoms with Crippen molar-refractivity contribution in [3.8, 4) is 11.8 Å². The van der Waals surface area contributed by atoms with Crippen molar-refractivity contribution in [2.45, 2.75) is 39.7 Å². The number of amides is 1. The molecule has 0 aliphatic carbocycles. The molecule has 0 spiro atoms. The van der Waals surface area contributed by atoms with Crippen LogP contribution in [-0.4, -0.2) is 23.2 Å². The maximum Gasteiger partial charge on any atom is 0.407 e. The lowest BCUT2D eigenvalue weighted by atomic mass is 10.2. The van der Waals surface area contributed by atoms with Gasteiger partial charge in [-0.2, -0.15) is 0 Å². The van der Waals surface area contributed by atoms with Gasteiger partial charge in [-0.1, -0.05) is 5.92 Å². The zero-order valence-electron chi connectivity index (χ0n) is 12.2. The van der Waals surface area contributed by atoms with Gasteiger partial charge in [0.2, 0.25) is 0 Å². The van der Waals surface area contributed by atoms with E-state index in [0.717, 1.165) is 6.20 Å². The number of pyridine rings is 1. The van der Waals surface area contributed by atoms with Gasteiger partial charge in [0.15, 0.2) is 0 Å². The van der Waals surface area contributed by atoms with Crippen LogP contribution in [0.4, 0.5) is 9.18 Å². The molecule has 1 aromatic rings. The highest BCUT2D eigenvalue weighted by Crippen LogP contribution is 2.06. The Labute approximate surface area is 118 Å². The van der Waals surface area contributed by atoms with Crippen molar-refractivity contribution in [3.05, 3.63) is 29.3 Å². The van der Waals surface area contributed by atoms with Gasteiger partial charge in [0, 0.05) is 13.0 Å². The Balaban J connectivity index is 2.38. The Morgan fingerprint density at radius 3 is 2.80 bits per heavy atom. The van der Waals surface area contributed by atoms with E-state index in [9.17, 15) is 9.18 Å². The van der Waals surface area contributed by atoms with Crippen molar-refractivity contribution in [1.29, 1.82) is 0 Å². The van der Waals surface area contributed by atoms with Crippen molar-refractivity contribution in [2.24, 2.45) is 0 Å². The molecule has 0 aromatic carbocycles. The summed E-state index contributed by atoms with van der Waals surface area (Å²) < 4.78 is 17.9. The van der Waals surface area contributed by atoms with Gasteiger partial charge in [0.05, 0.1) is 6.20 Å². The number of nitrogens with zero attached hydrogens (tertiary/aromatic N) is 1. The molecule has 0 saturated heterocycles. The number of halogens is 1. The molecule has 4 nitrogen and oxygen atoms in total. The number of rotatable bonds is 2. The first kappa shape index (κ1) is 16.0. The molecule has 108 valence electrons. The molecule has 1 aromatic heterocycles. The molecule has 20 heavy (non-hydrogen) atoms. The Hall–Kier alpha value is -2.09. The molecule has 0 bridgehead atoms. The topological polar surface area (TPSA) is 51.2 Å². The first-order valence-corrected chi connectivity index (χ1v) is 6.36. The monoisotopic (exact) mass is 278 g/mol. The number of hydrogen-bond donors (Lipinski definition) is 1. The SMILES string of the molecule is Cc1cc(F)cnc1C#CCCNC(=O)OC(C)(C)C.